The van der Waals surface area contributed by atoms with E-state index in [0.29, 0.717) is 70.9 Å². The normalized spacial score (nSPS) is 28.1. The minimum Gasteiger partial charge on any atom is -0.354 e. The van der Waals surface area contributed by atoms with Gasteiger partial charge in [-0.2, -0.15) is 0 Å². The molecule has 4 aliphatic rings. The largest absolute Gasteiger partial charge is 0.354 e. The van der Waals surface area contributed by atoms with Crippen molar-refractivity contribution in [1.29, 1.82) is 0 Å². The van der Waals surface area contributed by atoms with E-state index in [2.05, 4.69) is 42.5 Å². The molecule has 3 heterocycles. The molecule has 0 aromatic heterocycles. The molecule has 6 rings (SSSR count). The van der Waals surface area contributed by atoms with Gasteiger partial charge in [-0.3, -0.25) is 38.4 Å². The summed E-state index contributed by atoms with van der Waals surface area (Å²) in [4.78, 5) is 115. The van der Waals surface area contributed by atoms with Crippen LogP contribution in [0.5, 0.6) is 0 Å². The van der Waals surface area contributed by atoms with Gasteiger partial charge in [0.15, 0.2) is 0 Å². The molecule has 3 aliphatic heterocycles. The Morgan fingerprint density at radius 1 is 0.627 bits per heavy atom. The van der Waals surface area contributed by atoms with Crippen molar-refractivity contribution in [3.63, 3.8) is 0 Å². The number of rotatable bonds is 10. The maximum Gasteiger partial charge on any atom is 0.249 e. The average Bonchev–Trinajstić information content (AvgIpc) is 3.62. The quantitative estimate of drug-likeness (QED) is 0.161. The van der Waals surface area contributed by atoms with Crippen LogP contribution < -0.4 is 42.5 Å². The van der Waals surface area contributed by atoms with Crippen molar-refractivity contribution >= 4 is 47.3 Å². The highest BCUT2D eigenvalue weighted by Crippen LogP contribution is 2.49. The van der Waals surface area contributed by atoms with Gasteiger partial charge in [-0.25, -0.2) is 0 Å². The molecule has 67 heavy (non-hydrogen) atoms. The molecule has 18 heteroatoms. The number of benzene rings is 2. The number of hydrogen-bond donors (Lipinski definition) is 8. The van der Waals surface area contributed by atoms with Crippen molar-refractivity contribution in [3.05, 3.63) is 71.8 Å². The first-order valence-corrected chi connectivity index (χ1v) is 24.1. The minimum absolute atomic E-state index is 0.198. The van der Waals surface area contributed by atoms with Crippen LogP contribution in [-0.4, -0.2) is 145 Å². The monoisotopic (exact) mass is 927 g/mol. The summed E-state index contributed by atoms with van der Waals surface area (Å²) in [5, 5.41) is 23.6. The Labute approximate surface area is 393 Å². The zero-order chi connectivity index (χ0) is 48.1. The second kappa shape index (κ2) is 23.7. The number of nitrogens with one attached hydrogen (secondary N) is 8. The molecule has 9 atom stereocenters. The van der Waals surface area contributed by atoms with Crippen LogP contribution in [0.1, 0.15) is 89.2 Å². The first-order chi connectivity index (χ1) is 32.3. The molecule has 2 aromatic carbocycles. The summed E-state index contributed by atoms with van der Waals surface area (Å²) in [6, 6.07) is 12.8. The SMILES string of the molecule is CN[C@@H](C)C(=O)N[C@H]1CCCCNC(=O)[C@H](Cc2ccccc2)NC(=O)C2CCCN2C(=O)C2(NC(=O)[C@H](C)NC)C[C@@H]2CCCNC(=O)[C@H](Cc2ccccc2)NC(=O)[C@@H]2CCCN2C1=O. The molecule has 3 saturated heterocycles. The standard InChI is InChI=1S/C49H70N10O8/c1-31(50-3)41(60)54-36-21-11-12-24-52-43(62)37(28-33-16-7-5-8-17-33)56-46(65)40-23-15-27-59(40)48(67)49(57-42(61)32(2)51-4)30-35(49)20-13-25-53-44(63)38(29-34-18-9-6-10-19-34)55-45(64)39-22-14-26-58(39)47(36)66/h5-10,16-19,31-32,35-40,50-51H,11-15,20-30H2,1-4H3,(H,52,62)(H,53,63)(H,54,60)(H,55,64)(H,56,65)(H,57,61)/t31-,32-,35-,36-,37-,38-,39-,40?,49?/m0/s1. The van der Waals surface area contributed by atoms with Gasteiger partial charge in [0.1, 0.15) is 35.7 Å². The molecule has 364 valence electrons. The highest BCUT2D eigenvalue weighted by Gasteiger charge is 2.63. The molecule has 0 spiro atoms. The number of likely N-dealkylation sites (N-methyl/N-ethyl adjacent to an activating group) is 2. The van der Waals surface area contributed by atoms with Gasteiger partial charge in [0, 0.05) is 39.0 Å². The first-order valence-electron chi connectivity index (χ1n) is 24.1. The Morgan fingerprint density at radius 2 is 1.13 bits per heavy atom. The van der Waals surface area contributed by atoms with Crippen LogP contribution >= 0.6 is 0 Å². The zero-order valence-corrected chi connectivity index (χ0v) is 39.4. The molecule has 2 aromatic rings. The summed E-state index contributed by atoms with van der Waals surface area (Å²) in [7, 11) is 3.30. The average molecular weight is 927 g/mol. The van der Waals surface area contributed by atoms with Crippen LogP contribution in [0.3, 0.4) is 0 Å². The lowest BCUT2D eigenvalue weighted by atomic mass is 10.0. The molecule has 4 fully saturated rings. The van der Waals surface area contributed by atoms with Crippen LogP contribution in [0.15, 0.2) is 60.7 Å². The van der Waals surface area contributed by atoms with Gasteiger partial charge in [-0.1, -0.05) is 60.7 Å². The van der Waals surface area contributed by atoms with Gasteiger partial charge in [-0.05, 0) is 109 Å². The second-order valence-electron chi connectivity index (χ2n) is 18.5. The van der Waals surface area contributed by atoms with Crippen molar-refractivity contribution in [1.82, 2.24) is 52.3 Å². The Bertz CT molecular complexity index is 2040. The second-order valence-corrected chi connectivity index (χ2v) is 18.5. The van der Waals surface area contributed by atoms with Crippen molar-refractivity contribution in [2.75, 3.05) is 40.3 Å². The molecule has 0 radical (unpaired) electrons. The third kappa shape index (κ3) is 13.0. The molecular formula is C49H70N10O8. The molecule has 8 N–H and O–H groups in total. The summed E-state index contributed by atoms with van der Waals surface area (Å²) in [6.45, 7) is 4.42. The molecule has 8 amide bonds. The summed E-state index contributed by atoms with van der Waals surface area (Å²) < 4.78 is 0. The predicted molar refractivity (Wildman–Crippen MR) is 251 cm³/mol. The number of carbonyl (C=O) groups excluding carboxylic acids is 8. The first kappa shape index (κ1) is 50.5. The van der Waals surface area contributed by atoms with Crippen LogP contribution in [0, 0.1) is 5.92 Å². The Morgan fingerprint density at radius 3 is 1.69 bits per heavy atom. The lowest BCUT2D eigenvalue weighted by Gasteiger charge is -2.31. The van der Waals surface area contributed by atoms with Gasteiger partial charge in [0.25, 0.3) is 0 Å². The fourth-order valence-corrected chi connectivity index (χ4v) is 9.48. The number of hydrogen-bond acceptors (Lipinski definition) is 10. The molecule has 2 unspecified atom stereocenters. The van der Waals surface area contributed by atoms with E-state index in [-0.39, 0.29) is 56.0 Å². The van der Waals surface area contributed by atoms with Gasteiger partial charge >= 0.3 is 0 Å². The van der Waals surface area contributed by atoms with E-state index in [0.717, 1.165) is 11.1 Å². The van der Waals surface area contributed by atoms with E-state index < -0.39 is 77.4 Å². The van der Waals surface area contributed by atoms with Crippen molar-refractivity contribution in [2.24, 2.45) is 5.92 Å². The minimum atomic E-state index is -1.25. The van der Waals surface area contributed by atoms with Crippen LogP contribution in [0.2, 0.25) is 0 Å². The molecule has 1 saturated carbocycles. The number of amides is 8. The highest BCUT2D eigenvalue weighted by atomic mass is 16.2. The van der Waals surface area contributed by atoms with Gasteiger partial charge in [0.2, 0.25) is 47.3 Å². The smallest absolute Gasteiger partial charge is 0.249 e. The Hall–Kier alpha value is -5.88. The third-order valence-corrected chi connectivity index (χ3v) is 13.8. The molecular weight excluding hydrogens is 857 g/mol. The molecule has 1 aliphatic carbocycles. The van der Waals surface area contributed by atoms with E-state index >= 15 is 0 Å². The summed E-state index contributed by atoms with van der Waals surface area (Å²) >= 11 is 0. The van der Waals surface area contributed by atoms with E-state index in [4.69, 9.17) is 0 Å². The Balaban J connectivity index is 1.27. The fraction of sp³-hybridized carbons (Fsp3) is 0.592. The van der Waals surface area contributed by atoms with Crippen LogP contribution in [-0.2, 0) is 51.2 Å². The lowest BCUT2D eigenvalue weighted by molar-refractivity contribution is -0.143. The third-order valence-electron chi connectivity index (χ3n) is 13.8. The fourth-order valence-electron chi connectivity index (χ4n) is 9.48. The number of carbonyl (C=O) groups is 8. The highest BCUT2D eigenvalue weighted by molar-refractivity contribution is 6.00. The lowest BCUT2D eigenvalue weighted by Crippen LogP contribution is -2.59. The topological polar surface area (TPSA) is 239 Å². The van der Waals surface area contributed by atoms with Gasteiger partial charge < -0.3 is 52.3 Å². The van der Waals surface area contributed by atoms with Crippen LogP contribution in [0.25, 0.3) is 0 Å². The van der Waals surface area contributed by atoms with E-state index in [1.54, 1.807) is 32.8 Å². The van der Waals surface area contributed by atoms with Crippen LogP contribution in [0.4, 0.5) is 0 Å². The van der Waals surface area contributed by atoms with E-state index in [9.17, 15) is 38.4 Å². The Kier molecular flexibility index (Phi) is 17.9. The van der Waals surface area contributed by atoms with Gasteiger partial charge in [0.05, 0.1) is 12.1 Å². The maximum atomic E-state index is 14.7. The molecule has 18 nitrogen and oxygen atoms in total. The number of nitrogens with zero attached hydrogens (tertiary/aromatic N) is 2. The van der Waals surface area contributed by atoms with E-state index in [1.165, 1.54) is 4.90 Å². The van der Waals surface area contributed by atoms with Crippen molar-refractivity contribution in [3.8, 4) is 0 Å². The molecule has 0 bridgehead atoms. The van der Waals surface area contributed by atoms with Crippen molar-refractivity contribution in [2.45, 2.75) is 139 Å². The van der Waals surface area contributed by atoms with Crippen molar-refractivity contribution < 1.29 is 38.4 Å². The maximum absolute atomic E-state index is 14.7. The zero-order valence-electron chi connectivity index (χ0n) is 39.4. The van der Waals surface area contributed by atoms with E-state index in [1.807, 2.05) is 60.7 Å². The summed E-state index contributed by atoms with van der Waals surface area (Å²) in [5.74, 6) is -3.49. The number of fused-ring (bicyclic) bond motifs is 3. The summed E-state index contributed by atoms with van der Waals surface area (Å²) in [6.07, 6.45) is 4.65. The predicted octanol–water partition coefficient (Wildman–Crippen LogP) is 0.195. The van der Waals surface area contributed by atoms with Gasteiger partial charge in [-0.15, -0.1) is 0 Å². The summed E-state index contributed by atoms with van der Waals surface area (Å²) in [5.41, 5.74) is 0.406.